The van der Waals surface area contributed by atoms with Crippen LogP contribution >= 0.6 is 0 Å². The maximum atomic E-state index is 13.2. The summed E-state index contributed by atoms with van der Waals surface area (Å²) in [7, 11) is 1.71. The van der Waals surface area contributed by atoms with E-state index in [1.54, 1.807) is 11.6 Å². The van der Waals surface area contributed by atoms with Crippen molar-refractivity contribution in [2.75, 3.05) is 13.1 Å². The van der Waals surface area contributed by atoms with Gasteiger partial charge in [-0.05, 0) is 45.1 Å². The van der Waals surface area contributed by atoms with Gasteiger partial charge in [-0.2, -0.15) is 5.10 Å². The first-order valence-corrected chi connectivity index (χ1v) is 9.94. The molecule has 1 aromatic heterocycles. The molecular formula is C21H28N4O2. The zero-order valence-electron chi connectivity index (χ0n) is 16.4. The van der Waals surface area contributed by atoms with Gasteiger partial charge in [-0.1, -0.05) is 30.3 Å². The number of carbonyl (C=O) groups excluding carboxylic acids is 1. The van der Waals surface area contributed by atoms with Crippen LogP contribution in [0.15, 0.2) is 35.1 Å². The highest BCUT2D eigenvalue weighted by Crippen LogP contribution is 2.50. The zero-order chi connectivity index (χ0) is 19.2. The van der Waals surface area contributed by atoms with Crippen LogP contribution in [0.5, 0.6) is 0 Å². The monoisotopic (exact) mass is 368 g/mol. The third-order valence-electron chi connectivity index (χ3n) is 6.13. The second-order valence-electron chi connectivity index (χ2n) is 8.24. The Morgan fingerprint density at radius 1 is 1.15 bits per heavy atom. The van der Waals surface area contributed by atoms with Gasteiger partial charge in [0.15, 0.2) is 0 Å². The predicted molar refractivity (Wildman–Crippen MR) is 104 cm³/mol. The van der Waals surface area contributed by atoms with Crippen LogP contribution in [0.2, 0.25) is 0 Å². The molecule has 1 aromatic carbocycles. The third-order valence-corrected chi connectivity index (χ3v) is 6.13. The molecule has 6 nitrogen and oxygen atoms in total. The minimum absolute atomic E-state index is 0.0560. The summed E-state index contributed by atoms with van der Waals surface area (Å²) in [4.78, 5) is 27.6. The number of amides is 1. The molecule has 0 atom stereocenters. The smallest absolute Gasteiger partial charge is 0.342 e. The Labute approximate surface area is 159 Å². The molecule has 2 aromatic rings. The van der Waals surface area contributed by atoms with Gasteiger partial charge in [-0.25, -0.2) is 9.48 Å². The fourth-order valence-corrected chi connectivity index (χ4v) is 4.41. The fourth-order valence-electron chi connectivity index (χ4n) is 4.41. The van der Waals surface area contributed by atoms with Gasteiger partial charge < -0.3 is 4.90 Å². The molecule has 1 saturated carbocycles. The van der Waals surface area contributed by atoms with E-state index in [1.807, 2.05) is 36.9 Å². The minimum Gasteiger partial charge on any atom is -0.342 e. The van der Waals surface area contributed by atoms with E-state index in [2.05, 4.69) is 17.2 Å². The Morgan fingerprint density at radius 3 is 2.33 bits per heavy atom. The molecule has 1 amide bonds. The lowest BCUT2D eigenvalue weighted by Crippen LogP contribution is -2.44. The molecule has 2 heterocycles. The molecule has 1 aliphatic carbocycles. The molecule has 4 rings (SSSR count). The molecular weight excluding hydrogens is 340 g/mol. The molecule has 0 radical (unpaired) electrons. The van der Waals surface area contributed by atoms with Crippen molar-refractivity contribution < 1.29 is 4.79 Å². The fraction of sp³-hybridized carbons (Fsp3) is 0.571. The molecule has 1 aliphatic heterocycles. The van der Waals surface area contributed by atoms with Crippen LogP contribution < -0.4 is 5.69 Å². The van der Waals surface area contributed by atoms with Gasteiger partial charge >= 0.3 is 5.69 Å². The van der Waals surface area contributed by atoms with E-state index in [0.29, 0.717) is 0 Å². The summed E-state index contributed by atoms with van der Waals surface area (Å²) in [6.07, 6.45) is 3.62. The van der Waals surface area contributed by atoms with Crippen molar-refractivity contribution in [1.82, 2.24) is 19.2 Å². The second kappa shape index (κ2) is 6.66. The first kappa shape index (κ1) is 18.0. The summed E-state index contributed by atoms with van der Waals surface area (Å²) < 4.78 is 3.23. The van der Waals surface area contributed by atoms with E-state index < -0.39 is 0 Å². The second-order valence-corrected chi connectivity index (χ2v) is 8.24. The van der Waals surface area contributed by atoms with E-state index in [0.717, 1.165) is 50.2 Å². The van der Waals surface area contributed by atoms with E-state index in [-0.39, 0.29) is 29.0 Å². The lowest BCUT2D eigenvalue weighted by Gasteiger charge is -2.34. The lowest BCUT2D eigenvalue weighted by atomic mass is 9.91. The topological polar surface area (TPSA) is 60.1 Å². The molecule has 2 aliphatic rings. The first-order valence-electron chi connectivity index (χ1n) is 9.94. The number of piperidine rings is 1. The van der Waals surface area contributed by atoms with Crippen molar-refractivity contribution in [3.8, 4) is 0 Å². The van der Waals surface area contributed by atoms with Crippen LogP contribution in [0.25, 0.3) is 0 Å². The number of carbonyl (C=O) groups is 1. The van der Waals surface area contributed by atoms with Gasteiger partial charge in [0.05, 0.1) is 5.41 Å². The van der Waals surface area contributed by atoms with Crippen molar-refractivity contribution in [2.24, 2.45) is 7.05 Å². The molecule has 0 N–H and O–H groups in total. The molecule has 0 spiro atoms. The summed E-state index contributed by atoms with van der Waals surface area (Å²) in [6.45, 7) is 5.51. The van der Waals surface area contributed by atoms with Crippen LogP contribution in [0.4, 0.5) is 0 Å². The predicted octanol–water partition coefficient (Wildman–Crippen LogP) is 2.60. The summed E-state index contributed by atoms with van der Waals surface area (Å²) in [5.74, 6) is 1.38. The van der Waals surface area contributed by atoms with Crippen LogP contribution in [0, 0.1) is 0 Å². The molecule has 144 valence electrons. The van der Waals surface area contributed by atoms with Crippen molar-refractivity contribution >= 4 is 5.91 Å². The average Bonchev–Trinajstić information content (AvgIpc) is 3.43. The van der Waals surface area contributed by atoms with E-state index in [4.69, 9.17) is 0 Å². The highest BCUT2D eigenvalue weighted by atomic mass is 16.2. The Balaban J connectivity index is 1.48. The van der Waals surface area contributed by atoms with E-state index in [1.165, 1.54) is 4.68 Å². The lowest BCUT2D eigenvalue weighted by molar-refractivity contribution is -0.135. The molecule has 0 bridgehead atoms. The largest absolute Gasteiger partial charge is 0.345 e. The van der Waals surface area contributed by atoms with Crippen LogP contribution in [-0.2, 0) is 17.3 Å². The number of rotatable bonds is 4. The van der Waals surface area contributed by atoms with Gasteiger partial charge in [0.25, 0.3) is 0 Å². The van der Waals surface area contributed by atoms with Gasteiger partial charge in [0.1, 0.15) is 5.82 Å². The normalized spacial score (nSPS) is 19.5. The van der Waals surface area contributed by atoms with Gasteiger partial charge in [-0.3, -0.25) is 9.36 Å². The molecule has 6 heteroatoms. The maximum Gasteiger partial charge on any atom is 0.345 e. The standard InChI is InChI=1S/C21H28N4O2/c1-15(2)25-18(22-23(3)20(25)27)16-9-13-24(14-10-16)19(26)21(11-12-21)17-7-5-4-6-8-17/h4-8,15-16H,9-14H2,1-3H3. The van der Waals surface area contributed by atoms with E-state index >= 15 is 0 Å². The molecule has 2 fully saturated rings. The number of aromatic nitrogens is 3. The number of aryl methyl sites for hydroxylation is 1. The Kier molecular flexibility index (Phi) is 4.44. The Bertz CT molecular complexity index is 885. The summed E-state index contributed by atoms with van der Waals surface area (Å²) in [5.41, 5.74) is 0.800. The van der Waals surface area contributed by atoms with Crippen molar-refractivity contribution in [1.29, 1.82) is 0 Å². The van der Waals surface area contributed by atoms with E-state index in [9.17, 15) is 9.59 Å². The van der Waals surface area contributed by atoms with Crippen LogP contribution in [0.3, 0.4) is 0 Å². The molecule has 1 saturated heterocycles. The average molecular weight is 368 g/mol. The number of benzene rings is 1. The molecule has 0 unspecified atom stereocenters. The summed E-state index contributed by atoms with van der Waals surface area (Å²) >= 11 is 0. The SMILES string of the molecule is CC(C)n1c(C2CCN(C(=O)C3(c4ccccc4)CC3)CC2)nn(C)c1=O. The summed E-state index contributed by atoms with van der Waals surface area (Å²) in [6, 6.07) is 10.3. The number of nitrogens with zero attached hydrogens (tertiary/aromatic N) is 4. The Morgan fingerprint density at radius 2 is 1.78 bits per heavy atom. The zero-order valence-corrected chi connectivity index (χ0v) is 16.4. The molecule has 27 heavy (non-hydrogen) atoms. The summed E-state index contributed by atoms with van der Waals surface area (Å²) in [5, 5.41) is 4.50. The van der Waals surface area contributed by atoms with Crippen LogP contribution in [-0.4, -0.2) is 38.2 Å². The Hall–Kier alpha value is -2.37. The van der Waals surface area contributed by atoms with Gasteiger partial charge in [0, 0.05) is 32.1 Å². The number of hydrogen-bond acceptors (Lipinski definition) is 3. The van der Waals surface area contributed by atoms with Gasteiger partial charge in [-0.15, -0.1) is 0 Å². The highest BCUT2D eigenvalue weighted by Gasteiger charge is 2.53. The van der Waals surface area contributed by atoms with Gasteiger partial charge in [0.2, 0.25) is 5.91 Å². The maximum absolute atomic E-state index is 13.2. The minimum atomic E-state index is -0.293. The van der Waals surface area contributed by atoms with Crippen LogP contribution in [0.1, 0.15) is 62.9 Å². The highest BCUT2D eigenvalue weighted by molar-refractivity contribution is 5.91. The third kappa shape index (κ3) is 3.01. The number of hydrogen-bond donors (Lipinski definition) is 0. The number of likely N-dealkylation sites (tertiary alicyclic amines) is 1. The quantitative estimate of drug-likeness (QED) is 0.833. The van der Waals surface area contributed by atoms with Crippen molar-refractivity contribution in [2.45, 2.75) is 56.9 Å². The first-order chi connectivity index (χ1) is 12.9. The van der Waals surface area contributed by atoms with Crippen molar-refractivity contribution in [3.05, 3.63) is 52.2 Å². The van der Waals surface area contributed by atoms with Crippen molar-refractivity contribution in [3.63, 3.8) is 0 Å².